The molecule has 6 heteroatoms. The number of aliphatic hydroxyl groups excluding tert-OH is 1. The Balaban J connectivity index is 2.86. The maximum absolute atomic E-state index is 10.7. The third-order valence-corrected chi connectivity index (χ3v) is 2.45. The van der Waals surface area contributed by atoms with Crippen molar-refractivity contribution in [1.82, 2.24) is 4.90 Å². The third-order valence-electron chi connectivity index (χ3n) is 2.45. The molecule has 0 aliphatic heterocycles. The normalized spacial score (nSPS) is 12.5. The lowest BCUT2D eigenvalue weighted by atomic mass is 10.1. The van der Waals surface area contributed by atoms with E-state index < -0.39 is 11.0 Å². The van der Waals surface area contributed by atoms with Crippen LogP contribution in [0.1, 0.15) is 18.6 Å². The van der Waals surface area contributed by atoms with Crippen LogP contribution < -0.4 is 4.74 Å². The van der Waals surface area contributed by atoms with Gasteiger partial charge < -0.3 is 14.7 Å². The summed E-state index contributed by atoms with van der Waals surface area (Å²) < 4.78 is 5.52. The summed E-state index contributed by atoms with van der Waals surface area (Å²) in [4.78, 5) is 12.1. The van der Waals surface area contributed by atoms with Crippen LogP contribution in [-0.4, -0.2) is 42.2 Å². The van der Waals surface area contributed by atoms with E-state index in [0.717, 1.165) is 6.54 Å². The first-order chi connectivity index (χ1) is 8.41. The zero-order chi connectivity index (χ0) is 13.7. The highest BCUT2D eigenvalue weighted by Gasteiger charge is 2.15. The van der Waals surface area contributed by atoms with E-state index in [2.05, 4.69) is 0 Å². The average Bonchev–Trinajstić information content (AvgIpc) is 2.28. The number of hydrogen-bond acceptors (Lipinski definition) is 5. The van der Waals surface area contributed by atoms with Gasteiger partial charge in [-0.15, -0.1) is 0 Å². The molecule has 1 atom stereocenters. The lowest BCUT2D eigenvalue weighted by Crippen LogP contribution is -2.19. The molecule has 18 heavy (non-hydrogen) atoms. The molecule has 0 radical (unpaired) electrons. The number of hydrogen-bond donors (Lipinski definition) is 1. The topological polar surface area (TPSA) is 75.8 Å². The predicted octanol–water partition coefficient (Wildman–Crippen LogP) is 1.59. The first kappa shape index (κ1) is 14.4. The van der Waals surface area contributed by atoms with Gasteiger partial charge in [0.25, 0.3) is 5.69 Å². The summed E-state index contributed by atoms with van der Waals surface area (Å²) in [6.07, 6.45) is -0.806. The van der Waals surface area contributed by atoms with Gasteiger partial charge in [-0.3, -0.25) is 10.1 Å². The van der Waals surface area contributed by atoms with E-state index in [0.29, 0.717) is 17.9 Å². The van der Waals surface area contributed by atoms with Crippen LogP contribution in [0.4, 0.5) is 5.69 Å². The summed E-state index contributed by atoms with van der Waals surface area (Å²) >= 11 is 0. The summed E-state index contributed by atoms with van der Waals surface area (Å²) in [5.41, 5.74) is 0.383. The standard InChI is InChI=1S/C12H18N2O4/c1-9(15)11-8-10(14(16)17)4-5-12(11)18-7-6-13(2)3/h4-5,8-9,15H,6-7H2,1-3H3/t9-/m0/s1. The largest absolute Gasteiger partial charge is 0.492 e. The fraction of sp³-hybridized carbons (Fsp3) is 0.500. The second-order valence-electron chi connectivity index (χ2n) is 4.31. The Hall–Kier alpha value is -1.66. The minimum absolute atomic E-state index is 0.0501. The zero-order valence-corrected chi connectivity index (χ0v) is 10.8. The fourth-order valence-electron chi connectivity index (χ4n) is 1.45. The average molecular weight is 254 g/mol. The SMILES string of the molecule is C[C@H](O)c1cc([N+](=O)[O-])ccc1OCCN(C)C. The van der Waals surface area contributed by atoms with Crippen molar-refractivity contribution in [1.29, 1.82) is 0 Å². The molecule has 0 unspecified atom stereocenters. The monoisotopic (exact) mass is 254 g/mol. The fourth-order valence-corrected chi connectivity index (χ4v) is 1.45. The third kappa shape index (κ3) is 3.97. The van der Waals surface area contributed by atoms with Gasteiger partial charge >= 0.3 is 0 Å². The highest BCUT2D eigenvalue weighted by Crippen LogP contribution is 2.29. The van der Waals surface area contributed by atoms with Gasteiger partial charge in [0.2, 0.25) is 0 Å². The summed E-state index contributed by atoms with van der Waals surface area (Å²) in [6, 6.07) is 4.24. The Morgan fingerprint density at radius 2 is 2.17 bits per heavy atom. The van der Waals surface area contributed by atoms with E-state index in [1.165, 1.54) is 18.2 Å². The summed E-state index contributed by atoms with van der Waals surface area (Å²) in [5, 5.41) is 20.3. The van der Waals surface area contributed by atoms with E-state index in [1.807, 2.05) is 19.0 Å². The molecule has 0 fully saturated rings. The van der Waals surface area contributed by atoms with Crippen molar-refractivity contribution in [2.75, 3.05) is 27.2 Å². The highest BCUT2D eigenvalue weighted by molar-refractivity contribution is 5.44. The van der Waals surface area contributed by atoms with Crippen molar-refractivity contribution >= 4 is 5.69 Å². The second kappa shape index (κ2) is 6.32. The Bertz CT molecular complexity index is 419. The van der Waals surface area contributed by atoms with E-state index in [1.54, 1.807) is 6.92 Å². The molecule has 6 nitrogen and oxygen atoms in total. The van der Waals surface area contributed by atoms with Crippen LogP contribution in [-0.2, 0) is 0 Å². The lowest BCUT2D eigenvalue weighted by Gasteiger charge is -2.15. The smallest absolute Gasteiger partial charge is 0.270 e. The highest BCUT2D eigenvalue weighted by atomic mass is 16.6. The minimum Gasteiger partial charge on any atom is -0.492 e. The molecule has 0 bridgehead atoms. The number of rotatable bonds is 6. The number of ether oxygens (including phenoxy) is 1. The van der Waals surface area contributed by atoms with Crippen molar-refractivity contribution < 1.29 is 14.8 Å². The van der Waals surface area contributed by atoms with Gasteiger partial charge in [0, 0.05) is 24.2 Å². The first-order valence-corrected chi connectivity index (χ1v) is 5.65. The molecule has 1 aromatic carbocycles. The van der Waals surface area contributed by atoms with Crippen LogP contribution in [0, 0.1) is 10.1 Å². The van der Waals surface area contributed by atoms with Crippen LogP contribution in [0.5, 0.6) is 5.75 Å². The lowest BCUT2D eigenvalue weighted by molar-refractivity contribution is -0.385. The molecule has 0 saturated heterocycles. The molecule has 0 aromatic heterocycles. The number of non-ortho nitro benzene ring substituents is 1. The molecule has 100 valence electrons. The van der Waals surface area contributed by atoms with Gasteiger partial charge in [0.15, 0.2) is 0 Å². The summed E-state index contributed by atoms with van der Waals surface area (Å²) in [5.74, 6) is 0.484. The number of nitro groups is 1. The quantitative estimate of drug-likeness (QED) is 0.616. The van der Waals surface area contributed by atoms with Crippen LogP contribution in [0.15, 0.2) is 18.2 Å². The van der Waals surface area contributed by atoms with Crippen molar-refractivity contribution in [2.45, 2.75) is 13.0 Å². The predicted molar refractivity (Wildman–Crippen MR) is 67.8 cm³/mol. The maximum atomic E-state index is 10.7. The molecule has 0 aliphatic carbocycles. The minimum atomic E-state index is -0.806. The first-order valence-electron chi connectivity index (χ1n) is 5.65. The maximum Gasteiger partial charge on any atom is 0.270 e. The van der Waals surface area contributed by atoms with Crippen LogP contribution in [0.25, 0.3) is 0 Å². The molecular weight excluding hydrogens is 236 g/mol. The molecule has 0 amide bonds. The summed E-state index contributed by atoms with van der Waals surface area (Å²) in [7, 11) is 3.85. The molecular formula is C12H18N2O4. The van der Waals surface area contributed by atoms with Gasteiger partial charge in [-0.1, -0.05) is 0 Å². The Labute approximate surface area is 106 Å². The number of benzene rings is 1. The molecule has 0 spiro atoms. The number of nitrogens with zero attached hydrogens (tertiary/aromatic N) is 2. The molecule has 0 aliphatic rings. The molecule has 0 heterocycles. The van der Waals surface area contributed by atoms with Crippen LogP contribution >= 0.6 is 0 Å². The van der Waals surface area contributed by atoms with Crippen LogP contribution in [0.2, 0.25) is 0 Å². The molecule has 1 aromatic rings. The van der Waals surface area contributed by atoms with Crippen LogP contribution in [0.3, 0.4) is 0 Å². The van der Waals surface area contributed by atoms with Crippen molar-refractivity contribution in [3.63, 3.8) is 0 Å². The van der Waals surface area contributed by atoms with E-state index in [4.69, 9.17) is 4.74 Å². The van der Waals surface area contributed by atoms with E-state index >= 15 is 0 Å². The van der Waals surface area contributed by atoms with Gasteiger partial charge in [-0.05, 0) is 27.1 Å². The van der Waals surface area contributed by atoms with Crippen molar-refractivity contribution in [2.24, 2.45) is 0 Å². The Kier molecular flexibility index (Phi) is 5.06. The van der Waals surface area contributed by atoms with Gasteiger partial charge in [0.1, 0.15) is 12.4 Å². The molecule has 1 rings (SSSR count). The number of nitro benzene ring substituents is 1. The molecule has 1 N–H and O–H groups in total. The number of likely N-dealkylation sites (N-methyl/N-ethyl adjacent to an activating group) is 1. The zero-order valence-electron chi connectivity index (χ0n) is 10.8. The van der Waals surface area contributed by atoms with E-state index in [-0.39, 0.29) is 5.69 Å². The van der Waals surface area contributed by atoms with Gasteiger partial charge in [-0.25, -0.2) is 0 Å². The van der Waals surface area contributed by atoms with Crippen molar-refractivity contribution in [3.05, 3.63) is 33.9 Å². The van der Waals surface area contributed by atoms with Gasteiger partial charge in [0.05, 0.1) is 11.0 Å². The second-order valence-corrected chi connectivity index (χ2v) is 4.31. The van der Waals surface area contributed by atoms with Crippen molar-refractivity contribution in [3.8, 4) is 5.75 Å². The van der Waals surface area contributed by atoms with E-state index in [9.17, 15) is 15.2 Å². The summed E-state index contributed by atoms with van der Waals surface area (Å²) in [6.45, 7) is 2.75. The Morgan fingerprint density at radius 1 is 1.50 bits per heavy atom. The number of aliphatic hydroxyl groups is 1. The Morgan fingerprint density at radius 3 is 2.67 bits per heavy atom. The molecule has 0 saturated carbocycles. The van der Waals surface area contributed by atoms with Gasteiger partial charge in [-0.2, -0.15) is 0 Å².